The lowest BCUT2D eigenvalue weighted by atomic mass is 10.3. The number of imidazole rings is 1. The van der Waals surface area contributed by atoms with Crippen molar-refractivity contribution in [3.05, 3.63) is 30.1 Å². The van der Waals surface area contributed by atoms with Crippen LogP contribution < -0.4 is 0 Å². The predicted octanol–water partition coefficient (Wildman–Crippen LogP) is 1.93. The van der Waals surface area contributed by atoms with Gasteiger partial charge < -0.3 is 4.98 Å². The summed E-state index contributed by atoms with van der Waals surface area (Å²) in [4.78, 5) is 7.52. The van der Waals surface area contributed by atoms with Crippen LogP contribution in [0.4, 0.5) is 0 Å². The Morgan fingerprint density at radius 3 is 3.27 bits per heavy atom. The van der Waals surface area contributed by atoms with Crippen molar-refractivity contribution in [2.24, 2.45) is 0 Å². The molecular formula is C9H9N2. The molecule has 0 aliphatic rings. The fraction of sp³-hybridized carbons (Fsp3) is 0.222. The van der Waals surface area contributed by atoms with E-state index in [1.54, 1.807) is 0 Å². The van der Waals surface area contributed by atoms with Gasteiger partial charge in [-0.25, -0.2) is 4.98 Å². The average molecular weight is 145 g/mol. The first-order valence-electron chi connectivity index (χ1n) is 3.75. The second-order valence-corrected chi connectivity index (χ2v) is 2.47. The van der Waals surface area contributed by atoms with Gasteiger partial charge in [-0.2, -0.15) is 0 Å². The van der Waals surface area contributed by atoms with Crippen LogP contribution in [0, 0.1) is 6.07 Å². The van der Waals surface area contributed by atoms with Gasteiger partial charge in [0.15, 0.2) is 0 Å². The number of nitrogens with one attached hydrogen (secondary N) is 1. The fourth-order valence-electron chi connectivity index (χ4n) is 1.11. The summed E-state index contributed by atoms with van der Waals surface area (Å²) in [6, 6.07) is 8.91. The molecule has 0 unspecified atom stereocenters. The number of aromatic amines is 1. The number of H-pyrrole nitrogens is 1. The molecule has 1 heterocycles. The number of para-hydroxylation sites is 1. The molecule has 11 heavy (non-hydrogen) atoms. The molecule has 55 valence electrons. The minimum absolute atomic E-state index is 0.935. The lowest BCUT2D eigenvalue weighted by Gasteiger charge is -1.81. The van der Waals surface area contributed by atoms with Crippen molar-refractivity contribution < 1.29 is 0 Å². The number of nitrogens with zero attached hydrogens (tertiary/aromatic N) is 1. The number of hydrogen-bond donors (Lipinski definition) is 1. The van der Waals surface area contributed by atoms with Crippen LogP contribution in [0.5, 0.6) is 0 Å². The Balaban J connectivity index is 2.69. The van der Waals surface area contributed by atoms with Crippen molar-refractivity contribution in [2.75, 3.05) is 0 Å². The summed E-state index contributed by atoms with van der Waals surface area (Å²) in [5.41, 5.74) is 2.01. The van der Waals surface area contributed by atoms with Gasteiger partial charge in [-0.05, 0) is 6.07 Å². The summed E-state index contributed by atoms with van der Waals surface area (Å²) in [5.74, 6) is 1.03. The van der Waals surface area contributed by atoms with Crippen LogP contribution in [0.2, 0.25) is 0 Å². The summed E-state index contributed by atoms with van der Waals surface area (Å²) >= 11 is 0. The summed E-state index contributed by atoms with van der Waals surface area (Å²) < 4.78 is 0. The van der Waals surface area contributed by atoms with Gasteiger partial charge in [0.2, 0.25) is 0 Å². The molecule has 2 aromatic rings. The van der Waals surface area contributed by atoms with Crippen LogP contribution >= 0.6 is 0 Å². The molecule has 1 aromatic carbocycles. The molecule has 0 fully saturated rings. The van der Waals surface area contributed by atoms with Gasteiger partial charge in [-0.1, -0.05) is 19.1 Å². The van der Waals surface area contributed by atoms with E-state index < -0.39 is 0 Å². The van der Waals surface area contributed by atoms with Gasteiger partial charge in [0.1, 0.15) is 5.82 Å². The van der Waals surface area contributed by atoms with Crippen molar-refractivity contribution in [3.63, 3.8) is 0 Å². The van der Waals surface area contributed by atoms with E-state index in [2.05, 4.69) is 23.0 Å². The van der Waals surface area contributed by atoms with Crippen molar-refractivity contribution in [1.82, 2.24) is 9.97 Å². The Hall–Kier alpha value is -1.31. The average Bonchev–Trinajstić information content (AvgIpc) is 2.46. The molecule has 0 atom stereocenters. The second-order valence-electron chi connectivity index (χ2n) is 2.47. The third-order valence-corrected chi connectivity index (χ3v) is 1.69. The van der Waals surface area contributed by atoms with E-state index in [-0.39, 0.29) is 0 Å². The Labute approximate surface area is 65.3 Å². The first kappa shape index (κ1) is 6.40. The second kappa shape index (κ2) is 2.38. The minimum atomic E-state index is 0.935. The molecule has 2 nitrogen and oxygen atoms in total. The summed E-state index contributed by atoms with van der Waals surface area (Å²) in [7, 11) is 0. The Morgan fingerprint density at radius 1 is 1.64 bits per heavy atom. The van der Waals surface area contributed by atoms with Gasteiger partial charge >= 0.3 is 0 Å². The van der Waals surface area contributed by atoms with E-state index in [0.717, 1.165) is 23.3 Å². The molecule has 2 rings (SSSR count). The van der Waals surface area contributed by atoms with Crippen molar-refractivity contribution in [3.8, 4) is 0 Å². The number of aryl methyl sites for hydroxylation is 1. The standard InChI is InChI=1S/C9H9N2/c1-2-9-10-7-5-3-4-6-8(7)11-9/h3-5H,2H2,1H3,(H,10,11). The number of aromatic nitrogens is 2. The highest BCUT2D eigenvalue weighted by Gasteiger charge is 1.97. The van der Waals surface area contributed by atoms with E-state index in [1.165, 1.54) is 0 Å². The van der Waals surface area contributed by atoms with E-state index >= 15 is 0 Å². The molecule has 0 saturated carbocycles. The van der Waals surface area contributed by atoms with Crippen molar-refractivity contribution >= 4 is 11.0 Å². The normalized spacial score (nSPS) is 10.6. The van der Waals surface area contributed by atoms with Crippen LogP contribution in [0.15, 0.2) is 18.2 Å². The third-order valence-electron chi connectivity index (χ3n) is 1.69. The Morgan fingerprint density at radius 2 is 2.55 bits per heavy atom. The predicted molar refractivity (Wildman–Crippen MR) is 44.3 cm³/mol. The van der Waals surface area contributed by atoms with Crippen LogP contribution in [-0.2, 0) is 6.42 Å². The highest BCUT2D eigenvalue weighted by atomic mass is 14.9. The highest BCUT2D eigenvalue weighted by Crippen LogP contribution is 2.09. The number of benzene rings is 1. The first-order valence-corrected chi connectivity index (χ1v) is 3.75. The number of hydrogen-bond acceptors (Lipinski definition) is 1. The maximum atomic E-state index is 4.32. The summed E-state index contributed by atoms with van der Waals surface area (Å²) in [6.45, 7) is 2.08. The van der Waals surface area contributed by atoms with Crippen LogP contribution in [0.3, 0.4) is 0 Å². The minimum Gasteiger partial charge on any atom is -0.342 e. The van der Waals surface area contributed by atoms with Crippen LogP contribution in [-0.4, -0.2) is 9.97 Å². The zero-order valence-corrected chi connectivity index (χ0v) is 6.39. The fourth-order valence-corrected chi connectivity index (χ4v) is 1.11. The quantitative estimate of drug-likeness (QED) is 0.652. The lowest BCUT2D eigenvalue weighted by Crippen LogP contribution is -1.79. The molecule has 1 aromatic heterocycles. The SMILES string of the molecule is CCc1nc2[c]cccc2[nH]1. The van der Waals surface area contributed by atoms with E-state index in [0.29, 0.717) is 0 Å². The van der Waals surface area contributed by atoms with Gasteiger partial charge in [0.05, 0.1) is 11.0 Å². The number of rotatable bonds is 1. The monoisotopic (exact) mass is 145 g/mol. The maximum absolute atomic E-state index is 4.32. The molecule has 1 N–H and O–H groups in total. The van der Waals surface area contributed by atoms with Gasteiger partial charge in [-0.15, -0.1) is 0 Å². The zero-order chi connectivity index (χ0) is 7.68. The molecule has 0 amide bonds. The molecular weight excluding hydrogens is 136 g/mol. The van der Waals surface area contributed by atoms with Crippen molar-refractivity contribution in [1.29, 1.82) is 0 Å². The van der Waals surface area contributed by atoms with E-state index in [9.17, 15) is 0 Å². The van der Waals surface area contributed by atoms with Gasteiger partial charge in [0, 0.05) is 12.5 Å². The Kier molecular flexibility index (Phi) is 1.39. The first-order chi connectivity index (χ1) is 5.40. The lowest BCUT2D eigenvalue weighted by molar-refractivity contribution is 1.00. The molecule has 2 heteroatoms. The van der Waals surface area contributed by atoms with Gasteiger partial charge in [-0.3, -0.25) is 0 Å². The molecule has 1 radical (unpaired) electrons. The molecule has 0 spiro atoms. The van der Waals surface area contributed by atoms with E-state index in [1.807, 2.05) is 18.2 Å². The number of fused-ring (bicyclic) bond motifs is 1. The summed E-state index contributed by atoms with van der Waals surface area (Å²) in [6.07, 6.45) is 0.947. The van der Waals surface area contributed by atoms with Crippen LogP contribution in [0.25, 0.3) is 11.0 Å². The largest absolute Gasteiger partial charge is 0.342 e. The van der Waals surface area contributed by atoms with Gasteiger partial charge in [0.25, 0.3) is 0 Å². The molecule has 0 bridgehead atoms. The van der Waals surface area contributed by atoms with Crippen LogP contribution in [0.1, 0.15) is 12.7 Å². The van der Waals surface area contributed by atoms with Crippen molar-refractivity contribution in [2.45, 2.75) is 13.3 Å². The van der Waals surface area contributed by atoms with E-state index in [4.69, 9.17) is 0 Å². The molecule has 0 aliphatic carbocycles. The smallest absolute Gasteiger partial charge is 0.106 e. The summed E-state index contributed by atoms with van der Waals surface area (Å²) in [5, 5.41) is 0. The maximum Gasteiger partial charge on any atom is 0.106 e. The molecule has 0 aliphatic heterocycles. The molecule has 0 saturated heterocycles. The Bertz CT molecular complexity index is 329. The third kappa shape index (κ3) is 1.00. The highest BCUT2D eigenvalue weighted by molar-refractivity contribution is 5.73. The topological polar surface area (TPSA) is 28.7 Å². The zero-order valence-electron chi connectivity index (χ0n) is 6.39.